The maximum atomic E-state index is 14.8. The molecule has 0 aliphatic carbocycles. The lowest BCUT2D eigenvalue weighted by atomic mass is 9.84. The quantitative estimate of drug-likeness (QED) is 0.0971. The number of rotatable bonds is 12. The topological polar surface area (TPSA) is 171 Å². The van der Waals surface area contributed by atoms with Gasteiger partial charge in [0, 0.05) is 93.5 Å². The first kappa shape index (κ1) is 50.9. The van der Waals surface area contributed by atoms with Crippen LogP contribution in [0.25, 0.3) is 27.7 Å². The molecule has 0 radical (unpaired) electrons. The third-order valence-corrected chi connectivity index (χ3v) is 14.0. The molecule has 362 valence electrons. The van der Waals surface area contributed by atoms with Crippen LogP contribution in [-0.2, 0) is 48.0 Å². The van der Waals surface area contributed by atoms with E-state index in [4.69, 9.17) is 19.5 Å². The van der Waals surface area contributed by atoms with Crippen LogP contribution in [0.1, 0.15) is 77.6 Å². The Morgan fingerprint density at radius 1 is 1.10 bits per heavy atom. The lowest BCUT2D eigenvalue weighted by Crippen LogP contribution is -2.66. The molecule has 0 saturated carbocycles. The lowest BCUT2D eigenvalue weighted by molar-refractivity contribution is -0.147. The van der Waals surface area contributed by atoms with E-state index in [0.29, 0.717) is 70.1 Å². The molecule has 2 aromatic heterocycles. The third-order valence-electron chi connectivity index (χ3n) is 13.1. The molecular weight excluding hydrogens is 871 g/mol. The van der Waals surface area contributed by atoms with Crippen LogP contribution in [-0.4, -0.2) is 149 Å². The molecule has 5 amide bonds. The largest absolute Gasteiger partial charge is 0.378 e. The van der Waals surface area contributed by atoms with E-state index in [-0.39, 0.29) is 37.0 Å². The molecule has 2 saturated heterocycles. The third kappa shape index (κ3) is 11.0. The van der Waals surface area contributed by atoms with E-state index >= 15 is 0 Å². The number of aromatic nitrogens is 2. The number of fused-ring (bicyclic) bond motifs is 6. The molecule has 6 bridgehead atoms. The van der Waals surface area contributed by atoms with Crippen molar-refractivity contribution in [3.63, 3.8) is 0 Å². The molecule has 2 N–H and O–H groups in total. The minimum absolute atomic E-state index is 0.0150. The van der Waals surface area contributed by atoms with Gasteiger partial charge in [0.2, 0.25) is 11.8 Å². The van der Waals surface area contributed by atoms with Crippen molar-refractivity contribution in [1.82, 2.24) is 40.0 Å². The molecule has 3 aliphatic heterocycles. The number of hydrogen-bond acceptors (Lipinski definition) is 11. The van der Waals surface area contributed by atoms with Crippen LogP contribution in [0, 0.1) is 11.3 Å². The van der Waals surface area contributed by atoms with Gasteiger partial charge in [-0.2, -0.15) is 0 Å². The summed E-state index contributed by atoms with van der Waals surface area (Å²) in [5.41, 5.74) is 7.97. The number of nitrogens with zero attached hydrogens (tertiary/aromatic N) is 7. The standard InChI is InChI=1S/C50H69N9O7S/c1-12-35(43(51-14-3)33(7)65-11)45-37-27-49(8,9)30-66-31-50(29-60)19-16-20-59(54-50)47(63)38(26-41-52-39(28-67-41)34-17-18-40(36(37)25-34)58(45)15-4)53-46(62)44(32(5)6)55(10)48(64)57-23-21-56(22-24-57)42(61)13-2/h12-14,17-18,25,28-29,32-33,38,44,54H,1-2,15-16,19-24,26-27,30-31H2,3-11H3,(H,53,62)/b43-35+,51-14-/t33-,38-,44-,50-/m0/s1. The fraction of sp³-hybridized carbons (Fsp3) is 0.540. The normalized spacial score (nSPS) is 21.7. The molecule has 0 unspecified atom stereocenters. The monoisotopic (exact) mass is 940 g/mol. The maximum Gasteiger partial charge on any atom is 0.320 e. The smallest absolute Gasteiger partial charge is 0.320 e. The highest BCUT2D eigenvalue weighted by atomic mass is 32.1. The highest BCUT2D eigenvalue weighted by Crippen LogP contribution is 2.40. The minimum Gasteiger partial charge on any atom is -0.378 e. The van der Waals surface area contributed by atoms with Crippen molar-refractivity contribution in [1.29, 1.82) is 0 Å². The van der Waals surface area contributed by atoms with E-state index in [9.17, 15) is 24.0 Å². The summed E-state index contributed by atoms with van der Waals surface area (Å²) in [4.78, 5) is 83.0. The number of allylic oxidation sites excluding steroid dienone is 2. The maximum absolute atomic E-state index is 14.8. The predicted octanol–water partition coefficient (Wildman–Crippen LogP) is 5.90. The zero-order chi connectivity index (χ0) is 48.8. The van der Waals surface area contributed by atoms with Gasteiger partial charge in [-0.05, 0) is 75.1 Å². The number of thiazole rings is 1. The van der Waals surface area contributed by atoms with Gasteiger partial charge in [-0.1, -0.05) is 53.0 Å². The number of aryl methyl sites for hydroxylation is 1. The summed E-state index contributed by atoms with van der Waals surface area (Å²) in [6, 6.07) is 3.96. The van der Waals surface area contributed by atoms with Gasteiger partial charge in [0.1, 0.15) is 23.9 Å². The zero-order valence-corrected chi connectivity index (χ0v) is 41.5. The number of aldehydes is 1. The van der Waals surface area contributed by atoms with Crippen molar-refractivity contribution in [2.45, 2.75) is 104 Å². The summed E-state index contributed by atoms with van der Waals surface area (Å²) in [7, 11) is 3.26. The number of likely N-dealkylation sites (N-methyl/N-ethyl adjacent to an activating group) is 1. The molecule has 2 fully saturated rings. The number of benzene rings is 1. The second-order valence-corrected chi connectivity index (χ2v) is 19.8. The minimum atomic E-state index is -1.20. The van der Waals surface area contributed by atoms with Crippen molar-refractivity contribution >= 4 is 64.1 Å². The van der Waals surface area contributed by atoms with Crippen LogP contribution in [0.4, 0.5) is 4.79 Å². The van der Waals surface area contributed by atoms with Crippen molar-refractivity contribution < 1.29 is 33.4 Å². The summed E-state index contributed by atoms with van der Waals surface area (Å²) >= 11 is 1.40. The van der Waals surface area contributed by atoms with E-state index in [1.165, 1.54) is 27.3 Å². The summed E-state index contributed by atoms with van der Waals surface area (Å²) in [6.45, 7) is 24.4. The Morgan fingerprint density at radius 2 is 1.82 bits per heavy atom. The molecule has 3 aromatic rings. The van der Waals surface area contributed by atoms with Crippen LogP contribution in [0.3, 0.4) is 0 Å². The highest BCUT2D eigenvalue weighted by Gasteiger charge is 2.42. The van der Waals surface area contributed by atoms with Crippen molar-refractivity contribution in [2.75, 3.05) is 60.1 Å². The first-order chi connectivity index (χ1) is 31.9. The molecule has 5 heterocycles. The molecule has 16 nitrogen and oxygen atoms in total. The number of piperazine rings is 1. The average molecular weight is 940 g/mol. The highest BCUT2D eigenvalue weighted by molar-refractivity contribution is 7.10. The number of hydrazine groups is 1. The van der Waals surface area contributed by atoms with Gasteiger partial charge >= 0.3 is 6.03 Å². The van der Waals surface area contributed by atoms with Crippen molar-refractivity contribution in [3.8, 4) is 11.3 Å². The van der Waals surface area contributed by atoms with E-state index in [1.54, 1.807) is 30.2 Å². The van der Waals surface area contributed by atoms with Crippen LogP contribution in [0.15, 0.2) is 59.6 Å². The number of hydrogen-bond donors (Lipinski definition) is 2. The van der Waals surface area contributed by atoms with Gasteiger partial charge < -0.3 is 38.9 Å². The van der Waals surface area contributed by atoms with E-state index in [0.717, 1.165) is 51.0 Å². The molecule has 4 atom stereocenters. The lowest BCUT2D eigenvalue weighted by Gasteiger charge is -2.42. The number of methoxy groups -OCH3 is 1. The molecule has 0 spiro atoms. The SMILES string of the molecule is C=CC(=O)N1CCN(C(=O)N(C)[C@H](C(=O)N[C@H]2Cc3nc(cs3)-c3ccc4c(c3)c(c(/C(C=C)=C(/N=C\C)[C@H](C)OC)n4CC)CC(C)(C)COC[C@@]3(C=O)CCCN(N3)C2=O)C(C)C)CC1. The average Bonchev–Trinajstić information content (AvgIpc) is 3.91. The van der Waals surface area contributed by atoms with Crippen molar-refractivity contribution in [2.24, 2.45) is 16.3 Å². The Morgan fingerprint density at radius 3 is 2.45 bits per heavy atom. The van der Waals surface area contributed by atoms with Gasteiger partial charge in [0.25, 0.3) is 5.91 Å². The number of amides is 5. The summed E-state index contributed by atoms with van der Waals surface area (Å²) in [5.74, 6) is -1.45. The van der Waals surface area contributed by atoms with Crippen LogP contribution >= 0.6 is 11.3 Å². The van der Waals surface area contributed by atoms with Gasteiger partial charge in [-0.3, -0.25) is 24.4 Å². The molecule has 1 aromatic carbocycles. The van der Waals surface area contributed by atoms with Crippen LogP contribution < -0.4 is 10.7 Å². The molecule has 17 heteroatoms. The van der Waals surface area contributed by atoms with Gasteiger partial charge in [0.05, 0.1) is 41.4 Å². The Kier molecular flexibility index (Phi) is 16.4. The fourth-order valence-corrected chi connectivity index (χ4v) is 10.4. The Balaban J connectivity index is 1.42. The van der Waals surface area contributed by atoms with Crippen LogP contribution in [0.5, 0.6) is 0 Å². The van der Waals surface area contributed by atoms with Gasteiger partial charge in [-0.15, -0.1) is 11.3 Å². The second-order valence-electron chi connectivity index (χ2n) is 18.9. The van der Waals surface area contributed by atoms with Crippen LogP contribution in [0.2, 0.25) is 0 Å². The zero-order valence-electron chi connectivity index (χ0n) is 40.7. The predicted molar refractivity (Wildman–Crippen MR) is 263 cm³/mol. The fourth-order valence-electron chi connectivity index (χ4n) is 9.60. The van der Waals surface area contributed by atoms with Gasteiger partial charge in [-0.25, -0.2) is 15.2 Å². The van der Waals surface area contributed by atoms with E-state index in [1.807, 2.05) is 39.2 Å². The molecular formula is C50H69N9O7S. The molecule has 6 rings (SSSR count). The first-order valence-electron chi connectivity index (χ1n) is 23.3. The molecule has 67 heavy (non-hydrogen) atoms. The number of carbonyl (C=O) groups is 5. The number of nitrogens with one attached hydrogen (secondary N) is 2. The van der Waals surface area contributed by atoms with Gasteiger partial charge in [0.15, 0.2) is 0 Å². The second kappa shape index (κ2) is 21.6. The van der Waals surface area contributed by atoms with E-state index in [2.05, 4.69) is 67.4 Å². The Hall–Kier alpha value is -5.49. The summed E-state index contributed by atoms with van der Waals surface area (Å²) in [5, 5.41) is 8.09. The first-order valence-corrected chi connectivity index (χ1v) is 24.2. The number of ether oxygens (including phenoxy) is 2. The number of aliphatic imine (C=N–C) groups is 1. The number of urea groups is 1. The Bertz CT molecular complexity index is 2410. The number of carbonyl (C=O) groups excluding carboxylic acids is 5. The van der Waals surface area contributed by atoms with Crippen molar-refractivity contribution in [3.05, 3.63) is 70.9 Å². The summed E-state index contributed by atoms with van der Waals surface area (Å²) < 4.78 is 14.6. The summed E-state index contributed by atoms with van der Waals surface area (Å²) in [6.07, 6.45) is 7.02. The Labute approximate surface area is 399 Å². The van der Waals surface area contributed by atoms with E-state index < -0.39 is 34.9 Å². The molecule has 3 aliphatic rings.